The summed E-state index contributed by atoms with van der Waals surface area (Å²) in [5.41, 5.74) is 1.84. The summed E-state index contributed by atoms with van der Waals surface area (Å²) in [5.74, 6) is 0.827. The fraction of sp³-hybridized carbons (Fsp3) is 0.579. The molecule has 1 unspecified atom stereocenters. The number of nitriles is 1. The van der Waals surface area contributed by atoms with Crippen LogP contribution in [0.3, 0.4) is 0 Å². The van der Waals surface area contributed by atoms with E-state index in [1.165, 1.54) is 0 Å². The van der Waals surface area contributed by atoms with E-state index in [4.69, 9.17) is 20.3 Å². The minimum atomic E-state index is -1.19. The number of aliphatic hydroxyl groups is 2. The Kier molecular flexibility index (Phi) is 7.72. The summed E-state index contributed by atoms with van der Waals surface area (Å²) in [6, 6.07) is 4.61. The molecule has 3 rings (SSSR count). The van der Waals surface area contributed by atoms with Gasteiger partial charge in [0.2, 0.25) is 0 Å². The first-order chi connectivity index (χ1) is 13.4. The molecule has 0 amide bonds. The van der Waals surface area contributed by atoms with Gasteiger partial charge in [0.05, 0.1) is 17.8 Å². The molecule has 2 aromatic rings. The molecule has 0 aromatic carbocycles. The molecule has 2 aromatic heterocycles. The molecular weight excluding hydrogens is 362 g/mol. The van der Waals surface area contributed by atoms with Crippen molar-refractivity contribution in [1.82, 2.24) is 14.5 Å². The predicted molar refractivity (Wildman–Crippen MR) is 104 cm³/mol. The number of nitrogens with one attached hydrogen (secondary N) is 1. The normalized spacial score (nSPS) is 20.0. The van der Waals surface area contributed by atoms with Gasteiger partial charge in [0.25, 0.3) is 0 Å². The first-order valence-electron chi connectivity index (χ1n) is 9.34. The summed E-state index contributed by atoms with van der Waals surface area (Å²) in [7, 11) is 1.84. The van der Waals surface area contributed by atoms with E-state index in [0.717, 1.165) is 42.5 Å². The Bertz CT molecular complexity index is 835. The Morgan fingerprint density at radius 2 is 2.07 bits per heavy atom. The van der Waals surface area contributed by atoms with Crippen molar-refractivity contribution < 1.29 is 20.1 Å². The number of aliphatic carboxylic acids is 1. The molecule has 4 N–H and O–H groups in total. The van der Waals surface area contributed by atoms with E-state index in [9.17, 15) is 5.11 Å². The monoisotopic (exact) mass is 389 g/mol. The second-order valence-electron chi connectivity index (χ2n) is 6.91. The molecule has 152 valence electrons. The van der Waals surface area contributed by atoms with Gasteiger partial charge in [-0.05, 0) is 38.5 Å². The second kappa shape index (κ2) is 10.0. The molecule has 1 saturated carbocycles. The maximum Gasteiger partial charge on any atom is 0.329 e. The van der Waals surface area contributed by atoms with Crippen LogP contribution in [-0.4, -0.2) is 49.5 Å². The van der Waals surface area contributed by atoms with E-state index in [1.54, 1.807) is 13.1 Å². The first-order valence-corrected chi connectivity index (χ1v) is 9.34. The molecule has 1 aliphatic rings. The fourth-order valence-corrected chi connectivity index (χ4v) is 3.57. The Hall–Kier alpha value is -2.70. The number of hydrogen-bond acceptors (Lipinski definition) is 7. The molecule has 9 heteroatoms. The SMILES string of the molecule is CNc1cc2c(cn1)nc(C(C)O)n2C1CCC(CC#N)CC1.O=C(O)CO. The van der Waals surface area contributed by atoms with Gasteiger partial charge in [-0.2, -0.15) is 5.26 Å². The zero-order valence-electron chi connectivity index (χ0n) is 16.2. The molecule has 1 fully saturated rings. The molecule has 0 saturated heterocycles. The zero-order valence-corrected chi connectivity index (χ0v) is 16.2. The van der Waals surface area contributed by atoms with Crippen LogP contribution < -0.4 is 5.32 Å². The highest BCUT2D eigenvalue weighted by molar-refractivity contribution is 5.78. The van der Waals surface area contributed by atoms with Crippen LogP contribution in [0.1, 0.15) is 57.0 Å². The Morgan fingerprint density at radius 3 is 2.57 bits per heavy atom. The molecule has 0 bridgehead atoms. The number of pyridine rings is 1. The van der Waals surface area contributed by atoms with Crippen LogP contribution in [0.25, 0.3) is 11.0 Å². The lowest BCUT2D eigenvalue weighted by Gasteiger charge is -2.30. The van der Waals surface area contributed by atoms with E-state index in [0.29, 0.717) is 24.2 Å². The van der Waals surface area contributed by atoms with Gasteiger partial charge >= 0.3 is 5.97 Å². The van der Waals surface area contributed by atoms with Crippen LogP contribution in [0, 0.1) is 17.2 Å². The molecule has 28 heavy (non-hydrogen) atoms. The number of hydrogen-bond donors (Lipinski definition) is 4. The van der Waals surface area contributed by atoms with Crippen LogP contribution in [0.15, 0.2) is 12.3 Å². The van der Waals surface area contributed by atoms with Crippen LogP contribution in [-0.2, 0) is 4.79 Å². The summed E-state index contributed by atoms with van der Waals surface area (Å²) >= 11 is 0. The number of fused-ring (bicyclic) bond motifs is 1. The molecule has 0 spiro atoms. The molecule has 9 nitrogen and oxygen atoms in total. The van der Waals surface area contributed by atoms with Gasteiger partial charge in [-0.1, -0.05) is 0 Å². The van der Waals surface area contributed by atoms with Gasteiger partial charge in [-0.15, -0.1) is 0 Å². The minimum absolute atomic E-state index is 0.326. The minimum Gasteiger partial charge on any atom is -0.480 e. The number of carboxylic acids is 1. The Labute approximate surface area is 163 Å². The summed E-state index contributed by atoms with van der Waals surface area (Å²) < 4.78 is 2.19. The molecule has 0 aliphatic heterocycles. The van der Waals surface area contributed by atoms with E-state index in [1.807, 2.05) is 13.1 Å². The predicted octanol–water partition coefficient (Wildman–Crippen LogP) is 2.23. The van der Waals surface area contributed by atoms with Crippen molar-refractivity contribution in [2.75, 3.05) is 19.0 Å². The first kappa shape index (κ1) is 21.6. The Morgan fingerprint density at radius 1 is 1.43 bits per heavy atom. The smallest absolute Gasteiger partial charge is 0.329 e. The van der Waals surface area contributed by atoms with Crippen molar-refractivity contribution in [3.8, 4) is 6.07 Å². The highest BCUT2D eigenvalue weighted by Crippen LogP contribution is 2.37. The van der Waals surface area contributed by atoms with E-state index < -0.39 is 18.7 Å². The summed E-state index contributed by atoms with van der Waals surface area (Å²) in [5, 5.41) is 37.1. The summed E-state index contributed by atoms with van der Waals surface area (Å²) in [6.45, 7) is 0.978. The second-order valence-corrected chi connectivity index (χ2v) is 6.91. The van der Waals surface area contributed by atoms with Gasteiger partial charge in [0.1, 0.15) is 29.9 Å². The quantitative estimate of drug-likeness (QED) is 0.609. The third-order valence-electron chi connectivity index (χ3n) is 4.93. The number of carboxylic acid groups (broad SMARTS) is 1. The molecular formula is C19H27N5O4. The van der Waals surface area contributed by atoms with Crippen molar-refractivity contribution in [3.05, 3.63) is 18.1 Å². The van der Waals surface area contributed by atoms with Crippen LogP contribution in [0.5, 0.6) is 0 Å². The third kappa shape index (κ3) is 5.18. The molecule has 2 heterocycles. The number of rotatable bonds is 5. The van der Waals surface area contributed by atoms with E-state index in [2.05, 4.69) is 25.9 Å². The van der Waals surface area contributed by atoms with Crippen molar-refractivity contribution in [2.24, 2.45) is 5.92 Å². The van der Waals surface area contributed by atoms with Crippen LogP contribution >= 0.6 is 0 Å². The van der Waals surface area contributed by atoms with Crippen molar-refractivity contribution in [2.45, 2.75) is 51.2 Å². The number of aliphatic hydroxyl groups excluding tert-OH is 2. The summed E-state index contributed by atoms with van der Waals surface area (Å²) in [4.78, 5) is 18.0. The van der Waals surface area contributed by atoms with E-state index in [-0.39, 0.29) is 0 Å². The van der Waals surface area contributed by atoms with Gasteiger partial charge in [-0.25, -0.2) is 14.8 Å². The van der Waals surface area contributed by atoms with Crippen LogP contribution in [0.2, 0.25) is 0 Å². The van der Waals surface area contributed by atoms with Crippen molar-refractivity contribution >= 4 is 22.8 Å². The largest absolute Gasteiger partial charge is 0.480 e. The highest BCUT2D eigenvalue weighted by Gasteiger charge is 2.27. The number of aromatic nitrogens is 3. The van der Waals surface area contributed by atoms with E-state index >= 15 is 0 Å². The molecule has 1 aliphatic carbocycles. The lowest BCUT2D eigenvalue weighted by Crippen LogP contribution is -2.20. The lowest BCUT2D eigenvalue weighted by atomic mass is 9.84. The van der Waals surface area contributed by atoms with Crippen molar-refractivity contribution in [1.29, 1.82) is 5.26 Å². The van der Waals surface area contributed by atoms with Gasteiger partial charge in [0, 0.05) is 25.6 Å². The maximum absolute atomic E-state index is 10.1. The number of anilines is 1. The number of carbonyl (C=O) groups is 1. The zero-order chi connectivity index (χ0) is 20.7. The van der Waals surface area contributed by atoms with Crippen molar-refractivity contribution in [3.63, 3.8) is 0 Å². The Balaban J connectivity index is 0.000000500. The third-order valence-corrected chi connectivity index (χ3v) is 4.93. The van der Waals surface area contributed by atoms with Crippen LogP contribution in [0.4, 0.5) is 5.82 Å². The molecule has 0 radical (unpaired) electrons. The topological polar surface area (TPSA) is 144 Å². The number of imidazole rings is 1. The lowest BCUT2D eigenvalue weighted by molar-refractivity contribution is -0.140. The fourth-order valence-electron chi connectivity index (χ4n) is 3.57. The summed E-state index contributed by atoms with van der Waals surface area (Å²) in [6.07, 6.45) is 5.95. The number of nitrogens with zero attached hydrogens (tertiary/aromatic N) is 4. The standard InChI is InChI=1S/C17H23N5O.C2H4O3/c1-11(23)17-21-14-10-20-16(19-2)9-15(14)22(17)13-5-3-12(4-6-13)7-8-18;3-1-2(4)5/h9-13,23H,3-7H2,1-2H3,(H,19,20);3H,1H2,(H,4,5). The van der Waals surface area contributed by atoms with Gasteiger partial charge in [0.15, 0.2) is 0 Å². The average molecular weight is 389 g/mol. The van der Waals surface area contributed by atoms with Gasteiger partial charge < -0.3 is 25.2 Å². The molecule has 1 atom stereocenters. The maximum atomic E-state index is 10.1. The highest BCUT2D eigenvalue weighted by atomic mass is 16.4. The van der Waals surface area contributed by atoms with Gasteiger partial charge in [-0.3, -0.25) is 0 Å². The average Bonchev–Trinajstić information content (AvgIpc) is 3.08.